The molecular weight excluding hydrogens is 398 g/mol. The number of hydrogen-bond acceptors (Lipinski definition) is 4. The zero-order chi connectivity index (χ0) is 22.4. The summed E-state index contributed by atoms with van der Waals surface area (Å²) in [6.07, 6.45) is 6.89. The highest BCUT2D eigenvalue weighted by Gasteiger charge is 2.42. The zero-order valence-corrected chi connectivity index (χ0v) is 20.3. The first kappa shape index (κ1) is 23.7. The molecule has 1 aromatic carbocycles. The Hall–Kier alpha value is -1.43. The lowest BCUT2D eigenvalue weighted by Gasteiger charge is -2.49. The van der Waals surface area contributed by atoms with Crippen molar-refractivity contribution < 1.29 is 9.53 Å². The molecule has 3 heterocycles. The maximum atomic E-state index is 12.8. The molecule has 3 aliphatic heterocycles. The van der Waals surface area contributed by atoms with Crippen LogP contribution in [0.15, 0.2) is 30.3 Å². The molecule has 1 aromatic rings. The lowest BCUT2D eigenvalue weighted by atomic mass is 9.81. The molecule has 0 aliphatic carbocycles. The van der Waals surface area contributed by atoms with Gasteiger partial charge in [-0.3, -0.25) is 9.69 Å². The predicted octanol–water partition coefficient (Wildman–Crippen LogP) is 3.82. The SMILES string of the molecule is CC(C)CN1CCN(C2CCOC3(CCN(C(=O)CCCc4ccccc4)CC3)C2)CC1. The molecule has 3 aliphatic rings. The first-order valence-electron chi connectivity index (χ1n) is 13.0. The Bertz CT molecular complexity index is 707. The number of benzene rings is 1. The standard InChI is InChI=1S/C27H43N3O2/c1-23(2)22-28-16-18-29(19-17-28)25-11-20-32-27(21-25)12-14-30(15-13-27)26(31)10-6-9-24-7-4-3-5-8-24/h3-5,7-8,23,25H,6,9-22H2,1-2H3. The van der Waals surface area contributed by atoms with Gasteiger partial charge in [-0.15, -0.1) is 0 Å². The summed E-state index contributed by atoms with van der Waals surface area (Å²) in [5, 5.41) is 0. The Labute approximate surface area is 195 Å². The number of rotatable bonds is 7. The summed E-state index contributed by atoms with van der Waals surface area (Å²) in [7, 11) is 0. The first-order valence-corrected chi connectivity index (χ1v) is 13.0. The lowest BCUT2D eigenvalue weighted by molar-refractivity contribution is -0.150. The number of likely N-dealkylation sites (tertiary alicyclic amines) is 1. The van der Waals surface area contributed by atoms with Crippen LogP contribution in [0.2, 0.25) is 0 Å². The van der Waals surface area contributed by atoms with Crippen LogP contribution in [0, 0.1) is 5.92 Å². The lowest BCUT2D eigenvalue weighted by Crippen LogP contribution is -2.57. The van der Waals surface area contributed by atoms with Crippen molar-refractivity contribution in [1.82, 2.24) is 14.7 Å². The fraction of sp³-hybridized carbons (Fsp3) is 0.741. The molecule has 1 spiro atoms. The van der Waals surface area contributed by atoms with Crippen molar-refractivity contribution in [3.8, 4) is 0 Å². The molecule has 1 amide bonds. The minimum absolute atomic E-state index is 0.00119. The topological polar surface area (TPSA) is 36.0 Å². The largest absolute Gasteiger partial charge is 0.375 e. The van der Waals surface area contributed by atoms with Crippen molar-refractivity contribution in [3.05, 3.63) is 35.9 Å². The Morgan fingerprint density at radius 3 is 2.47 bits per heavy atom. The second-order valence-corrected chi connectivity index (χ2v) is 10.6. The Kier molecular flexibility index (Phi) is 8.25. The van der Waals surface area contributed by atoms with Gasteiger partial charge in [-0.1, -0.05) is 44.2 Å². The highest BCUT2D eigenvalue weighted by atomic mass is 16.5. The summed E-state index contributed by atoms with van der Waals surface area (Å²) in [4.78, 5) is 20.2. The molecule has 0 radical (unpaired) electrons. The number of hydrogen-bond donors (Lipinski definition) is 0. The Balaban J connectivity index is 1.20. The summed E-state index contributed by atoms with van der Waals surface area (Å²) in [6, 6.07) is 11.1. The third kappa shape index (κ3) is 6.33. The van der Waals surface area contributed by atoms with Crippen LogP contribution in [0.1, 0.15) is 57.9 Å². The second-order valence-electron chi connectivity index (χ2n) is 10.6. The molecule has 5 nitrogen and oxygen atoms in total. The molecule has 3 saturated heterocycles. The van der Waals surface area contributed by atoms with E-state index in [4.69, 9.17) is 4.74 Å². The van der Waals surface area contributed by atoms with Crippen molar-refractivity contribution in [3.63, 3.8) is 0 Å². The van der Waals surface area contributed by atoms with E-state index in [2.05, 4.69) is 52.8 Å². The molecule has 0 saturated carbocycles. The van der Waals surface area contributed by atoms with Gasteiger partial charge in [-0.05, 0) is 50.0 Å². The van der Waals surface area contributed by atoms with Gasteiger partial charge in [-0.2, -0.15) is 0 Å². The van der Waals surface area contributed by atoms with E-state index in [-0.39, 0.29) is 5.60 Å². The highest BCUT2D eigenvalue weighted by Crippen LogP contribution is 2.37. The summed E-state index contributed by atoms with van der Waals surface area (Å²) in [5.41, 5.74) is 1.32. The van der Waals surface area contributed by atoms with Crippen molar-refractivity contribution >= 4 is 5.91 Å². The van der Waals surface area contributed by atoms with Crippen LogP contribution >= 0.6 is 0 Å². The molecule has 1 unspecified atom stereocenters. The smallest absolute Gasteiger partial charge is 0.222 e. The van der Waals surface area contributed by atoms with Crippen LogP contribution in [0.25, 0.3) is 0 Å². The van der Waals surface area contributed by atoms with Crippen molar-refractivity contribution in [2.24, 2.45) is 5.92 Å². The second kappa shape index (κ2) is 11.1. The minimum Gasteiger partial charge on any atom is -0.375 e. The molecule has 0 aromatic heterocycles. The number of piperazine rings is 1. The van der Waals surface area contributed by atoms with Gasteiger partial charge in [0.05, 0.1) is 5.60 Å². The molecule has 4 rings (SSSR count). The van der Waals surface area contributed by atoms with E-state index in [0.717, 1.165) is 64.1 Å². The highest BCUT2D eigenvalue weighted by molar-refractivity contribution is 5.76. The van der Waals surface area contributed by atoms with E-state index in [9.17, 15) is 4.79 Å². The van der Waals surface area contributed by atoms with Gasteiger partial charge < -0.3 is 14.5 Å². The van der Waals surface area contributed by atoms with Crippen LogP contribution in [0.3, 0.4) is 0 Å². The predicted molar refractivity (Wildman–Crippen MR) is 130 cm³/mol. The van der Waals surface area contributed by atoms with Crippen molar-refractivity contribution in [2.75, 3.05) is 52.4 Å². The van der Waals surface area contributed by atoms with E-state index in [1.54, 1.807) is 0 Å². The number of nitrogens with zero attached hydrogens (tertiary/aromatic N) is 3. The normalized spacial score (nSPS) is 24.8. The maximum absolute atomic E-state index is 12.8. The quantitative estimate of drug-likeness (QED) is 0.644. The first-order chi connectivity index (χ1) is 15.5. The van der Waals surface area contributed by atoms with Crippen LogP contribution in [-0.2, 0) is 16.0 Å². The molecular formula is C27H43N3O2. The third-order valence-electron chi connectivity index (χ3n) is 7.74. The van der Waals surface area contributed by atoms with Gasteiger partial charge in [0.25, 0.3) is 0 Å². The van der Waals surface area contributed by atoms with Crippen LogP contribution in [0.5, 0.6) is 0 Å². The van der Waals surface area contributed by atoms with Gasteiger partial charge in [-0.25, -0.2) is 0 Å². The number of carbonyl (C=O) groups excluding carboxylic acids is 1. The summed E-state index contributed by atoms with van der Waals surface area (Å²) in [5.74, 6) is 1.07. The van der Waals surface area contributed by atoms with Crippen LogP contribution in [-0.4, -0.2) is 84.7 Å². The van der Waals surface area contributed by atoms with Crippen molar-refractivity contribution in [1.29, 1.82) is 0 Å². The van der Waals surface area contributed by atoms with E-state index in [1.807, 2.05) is 6.07 Å². The summed E-state index contributed by atoms with van der Waals surface area (Å²) < 4.78 is 6.39. The monoisotopic (exact) mass is 441 g/mol. The average molecular weight is 442 g/mol. The Morgan fingerprint density at radius 1 is 1.06 bits per heavy atom. The molecule has 1 atom stereocenters. The van der Waals surface area contributed by atoms with Crippen molar-refractivity contribution in [2.45, 2.75) is 70.4 Å². The molecule has 32 heavy (non-hydrogen) atoms. The third-order valence-corrected chi connectivity index (χ3v) is 7.74. The van der Waals surface area contributed by atoms with Crippen LogP contribution in [0.4, 0.5) is 0 Å². The van der Waals surface area contributed by atoms with Gasteiger partial charge in [0, 0.05) is 64.9 Å². The van der Waals surface area contributed by atoms with E-state index >= 15 is 0 Å². The summed E-state index contributed by atoms with van der Waals surface area (Å²) in [6.45, 7) is 13.2. The molecule has 178 valence electrons. The maximum Gasteiger partial charge on any atom is 0.222 e. The van der Waals surface area contributed by atoms with Gasteiger partial charge in [0.1, 0.15) is 0 Å². The van der Waals surface area contributed by atoms with Gasteiger partial charge in [0.2, 0.25) is 5.91 Å². The van der Waals surface area contributed by atoms with E-state index in [1.165, 1.54) is 38.3 Å². The number of amides is 1. The van der Waals surface area contributed by atoms with E-state index < -0.39 is 0 Å². The summed E-state index contributed by atoms with van der Waals surface area (Å²) >= 11 is 0. The van der Waals surface area contributed by atoms with E-state index in [0.29, 0.717) is 18.4 Å². The number of aryl methyl sites for hydroxylation is 1. The fourth-order valence-electron chi connectivity index (χ4n) is 5.90. The zero-order valence-electron chi connectivity index (χ0n) is 20.3. The number of ether oxygens (including phenoxy) is 1. The molecule has 0 bridgehead atoms. The minimum atomic E-state index is -0.00119. The van der Waals surface area contributed by atoms with Gasteiger partial charge in [0.15, 0.2) is 0 Å². The van der Waals surface area contributed by atoms with Crippen LogP contribution < -0.4 is 0 Å². The number of carbonyl (C=O) groups is 1. The Morgan fingerprint density at radius 2 is 1.78 bits per heavy atom. The fourth-order valence-corrected chi connectivity index (χ4v) is 5.90. The number of piperidine rings is 1. The molecule has 5 heteroatoms. The average Bonchev–Trinajstić information content (AvgIpc) is 2.80. The molecule has 3 fully saturated rings. The molecule has 0 N–H and O–H groups in total. The van der Waals surface area contributed by atoms with Gasteiger partial charge >= 0.3 is 0 Å².